The molecule has 1 aromatic heterocycles. The number of nitro groups is 1. The van der Waals surface area contributed by atoms with Crippen molar-refractivity contribution >= 4 is 11.7 Å². The van der Waals surface area contributed by atoms with E-state index in [9.17, 15) is 14.9 Å². The van der Waals surface area contributed by atoms with Gasteiger partial charge in [0.15, 0.2) is 5.75 Å². The molecule has 2 rings (SSSR count). The van der Waals surface area contributed by atoms with Gasteiger partial charge in [-0.1, -0.05) is 6.07 Å². The first kappa shape index (κ1) is 14.4. The SMILES string of the molecule is Cc1cccc(COc2cc(C(=O)O)ccc2[N+](=O)[O-])n1. The van der Waals surface area contributed by atoms with Crippen LogP contribution in [0.2, 0.25) is 0 Å². The summed E-state index contributed by atoms with van der Waals surface area (Å²) in [5.74, 6) is -1.27. The van der Waals surface area contributed by atoms with Gasteiger partial charge in [0.1, 0.15) is 6.61 Å². The summed E-state index contributed by atoms with van der Waals surface area (Å²) < 4.78 is 5.36. The fourth-order valence-corrected chi connectivity index (χ4v) is 1.75. The van der Waals surface area contributed by atoms with Crippen LogP contribution in [-0.2, 0) is 6.61 Å². The summed E-state index contributed by atoms with van der Waals surface area (Å²) in [6.45, 7) is 1.84. The average Bonchev–Trinajstić information content (AvgIpc) is 2.44. The smallest absolute Gasteiger partial charge is 0.335 e. The first-order valence-electron chi connectivity index (χ1n) is 6.04. The van der Waals surface area contributed by atoms with Crippen LogP contribution in [0.15, 0.2) is 36.4 Å². The summed E-state index contributed by atoms with van der Waals surface area (Å²) in [5.41, 5.74) is 1.04. The molecule has 7 nitrogen and oxygen atoms in total. The molecule has 0 amide bonds. The first-order chi connectivity index (χ1) is 9.97. The van der Waals surface area contributed by atoms with Gasteiger partial charge in [-0.05, 0) is 25.1 Å². The van der Waals surface area contributed by atoms with Crippen LogP contribution in [0.4, 0.5) is 5.69 Å². The van der Waals surface area contributed by atoms with Crippen molar-refractivity contribution in [3.05, 3.63) is 63.5 Å². The van der Waals surface area contributed by atoms with Crippen LogP contribution in [0, 0.1) is 17.0 Å². The zero-order chi connectivity index (χ0) is 15.4. The Morgan fingerprint density at radius 2 is 2.14 bits per heavy atom. The molecule has 0 bridgehead atoms. The predicted molar refractivity (Wildman–Crippen MR) is 73.4 cm³/mol. The topological polar surface area (TPSA) is 103 Å². The maximum absolute atomic E-state index is 10.9. The number of aryl methyl sites for hydroxylation is 1. The molecule has 0 fully saturated rings. The van der Waals surface area contributed by atoms with E-state index < -0.39 is 10.9 Å². The van der Waals surface area contributed by atoms with E-state index in [4.69, 9.17) is 9.84 Å². The number of hydrogen-bond acceptors (Lipinski definition) is 5. The Kier molecular flexibility index (Phi) is 4.13. The molecule has 2 aromatic rings. The number of carbonyl (C=O) groups is 1. The highest BCUT2D eigenvalue weighted by atomic mass is 16.6. The lowest BCUT2D eigenvalue weighted by atomic mass is 10.2. The number of pyridine rings is 1. The Hall–Kier alpha value is -2.96. The molecule has 0 atom stereocenters. The van der Waals surface area contributed by atoms with E-state index in [2.05, 4.69) is 4.98 Å². The number of nitro benzene ring substituents is 1. The Labute approximate surface area is 120 Å². The van der Waals surface area contributed by atoms with E-state index in [-0.39, 0.29) is 23.6 Å². The van der Waals surface area contributed by atoms with E-state index in [0.717, 1.165) is 23.9 Å². The van der Waals surface area contributed by atoms with Crippen LogP contribution in [0.3, 0.4) is 0 Å². The molecule has 0 aliphatic heterocycles. The zero-order valence-electron chi connectivity index (χ0n) is 11.1. The lowest BCUT2D eigenvalue weighted by Crippen LogP contribution is -2.04. The molecule has 0 aliphatic carbocycles. The fourth-order valence-electron chi connectivity index (χ4n) is 1.75. The molecule has 7 heteroatoms. The van der Waals surface area contributed by atoms with Gasteiger partial charge in [-0.3, -0.25) is 15.1 Å². The quantitative estimate of drug-likeness (QED) is 0.670. The highest BCUT2D eigenvalue weighted by Crippen LogP contribution is 2.28. The van der Waals surface area contributed by atoms with Crippen LogP contribution in [0.25, 0.3) is 0 Å². The van der Waals surface area contributed by atoms with E-state index in [1.165, 1.54) is 0 Å². The minimum atomic E-state index is -1.18. The van der Waals surface area contributed by atoms with Gasteiger partial charge in [-0.2, -0.15) is 0 Å². The molecular weight excluding hydrogens is 276 g/mol. The van der Waals surface area contributed by atoms with Crippen molar-refractivity contribution in [2.24, 2.45) is 0 Å². The Balaban J connectivity index is 2.26. The minimum Gasteiger partial charge on any atom is -0.480 e. The van der Waals surface area contributed by atoms with E-state index in [0.29, 0.717) is 5.69 Å². The normalized spacial score (nSPS) is 10.1. The number of aromatic carboxylic acids is 1. The Morgan fingerprint density at radius 3 is 2.76 bits per heavy atom. The second-order valence-corrected chi connectivity index (χ2v) is 4.30. The highest BCUT2D eigenvalue weighted by molar-refractivity contribution is 5.88. The largest absolute Gasteiger partial charge is 0.480 e. The van der Waals surface area contributed by atoms with Crippen LogP contribution in [0.1, 0.15) is 21.7 Å². The number of benzene rings is 1. The molecule has 21 heavy (non-hydrogen) atoms. The number of carboxylic acids is 1. The van der Waals surface area contributed by atoms with E-state index in [1.807, 2.05) is 13.0 Å². The van der Waals surface area contributed by atoms with Gasteiger partial charge in [-0.25, -0.2) is 4.79 Å². The van der Waals surface area contributed by atoms with Crippen LogP contribution in [0.5, 0.6) is 5.75 Å². The predicted octanol–water partition coefficient (Wildman–Crippen LogP) is 2.58. The van der Waals surface area contributed by atoms with Gasteiger partial charge in [0.05, 0.1) is 16.2 Å². The summed E-state index contributed by atoms with van der Waals surface area (Å²) in [6, 6.07) is 8.75. The fraction of sp³-hybridized carbons (Fsp3) is 0.143. The van der Waals surface area contributed by atoms with Crippen molar-refractivity contribution in [1.29, 1.82) is 0 Å². The number of carboxylic acid groups (broad SMARTS) is 1. The van der Waals surface area contributed by atoms with Gasteiger partial charge in [0.2, 0.25) is 0 Å². The van der Waals surface area contributed by atoms with E-state index >= 15 is 0 Å². The Morgan fingerprint density at radius 1 is 1.38 bits per heavy atom. The van der Waals surface area contributed by atoms with Gasteiger partial charge in [0.25, 0.3) is 0 Å². The number of aromatic nitrogens is 1. The molecule has 108 valence electrons. The minimum absolute atomic E-state index is 0.0194. The van der Waals surface area contributed by atoms with Gasteiger partial charge < -0.3 is 9.84 Å². The number of rotatable bonds is 5. The van der Waals surface area contributed by atoms with Gasteiger partial charge >= 0.3 is 11.7 Å². The maximum Gasteiger partial charge on any atom is 0.335 e. The molecule has 1 aromatic carbocycles. The van der Waals surface area contributed by atoms with Crippen LogP contribution in [-0.4, -0.2) is 21.0 Å². The van der Waals surface area contributed by atoms with Crippen LogP contribution < -0.4 is 4.74 Å². The second kappa shape index (κ2) is 6.00. The average molecular weight is 288 g/mol. The third-order valence-corrected chi connectivity index (χ3v) is 2.73. The Bertz CT molecular complexity index is 700. The number of ether oxygens (including phenoxy) is 1. The third-order valence-electron chi connectivity index (χ3n) is 2.73. The highest BCUT2D eigenvalue weighted by Gasteiger charge is 2.18. The van der Waals surface area contributed by atoms with Crippen molar-refractivity contribution < 1.29 is 19.6 Å². The van der Waals surface area contributed by atoms with Gasteiger partial charge in [0, 0.05) is 17.8 Å². The third kappa shape index (κ3) is 3.53. The molecule has 1 heterocycles. The summed E-state index contributed by atoms with van der Waals surface area (Å²) in [6.07, 6.45) is 0. The number of nitrogens with zero attached hydrogens (tertiary/aromatic N) is 2. The lowest BCUT2D eigenvalue weighted by molar-refractivity contribution is -0.385. The summed E-state index contributed by atoms with van der Waals surface area (Å²) in [5, 5.41) is 19.9. The summed E-state index contributed by atoms with van der Waals surface area (Å²) in [7, 11) is 0. The van der Waals surface area contributed by atoms with Crippen LogP contribution >= 0.6 is 0 Å². The van der Waals surface area contributed by atoms with Crippen molar-refractivity contribution in [1.82, 2.24) is 4.98 Å². The first-order valence-corrected chi connectivity index (χ1v) is 6.04. The van der Waals surface area contributed by atoms with Crippen molar-refractivity contribution in [2.75, 3.05) is 0 Å². The van der Waals surface area contributed by atoms with Crippen molar-refractivity contribution in [3.8, 4) is 5.75 Å². The standard InChI is InChI=1S/C14H12N2O5/c1-9-3-2-4-11(15-9)8-21-13-7-10(14(17)18)5-6-12(13)16(19)20/h2-7H,8H2,1H3,(H,17,18). The summed E-state index contributed by atoms with van der Waals surface area (Å²) >= 11 is 0. The van der Waals surface area contributed by atoms with Crippen molar-refractivity contribution in [3.63, 3.8) is 0 Å². The zero-order valence-corrected chi connectivity index (χ0v) is 11.1. The molecular formula is C14H12N2O5. The lowest BCUT2D eigenvalue weighted by Gasteiger charge is -2.07. The molecule has 0 aliphatic rings. The molecule has 1 N–H and O–H groups in total. The van der Waals surface area contributed by atoms with Crippen molar-refractivity contribution in [2.45, 2.75) is 13.5 Å². The monoisotopic (exact) mass is 288 g/mol. The second-order valence-electron chi connectivity index (χ2n) is 4.30. The summed E-state index contributed by atoms with van der Waals surface area (Å²) in [4.78, 5) is 25.4. The maximum atomic E-state index is 10.9. The van der Waals surface area contributed by atoms with Gasteiger partial charge in [-0.15, -0.1) is 0 Å². The molecule has 0 radical (unpaired) electrons. The molecule has 0 spiro atoms. The van der Waals surface area contributed by atoms with E-state index in [1.54, 1.807) is 12.1 Å². The molecule has 0 unspecified atom stereocenters. The molecule has 0 saturated heterocycles. The molecule has 0 saturated carbocycles. The number of hydrogen-bond donors (Lipinski definition) is 1.